The number of hydrogen-bond donors (Lipinski definition) is 2. The number of anilines is 1. The van der Waals surface area contributed by atoms with Crippen molar-refractivity contribution in [1.82, 2.24) is 4.98 Å². The van der Waals surface area contributed by atoms with Crippen LogP contribution in [0.15, 0.2) is 35.3 Å². The molecule has 11 heteroatoms. The van der Waals surface area contributed by atoms with Gasteiger partial charge in [-0.1, -0.05) is 18.2 Å². The van der Waals surface area contributed by atoms with Gasteiger partial charge in [-0.05, 0) is 23.3 Å². The van der Waals surface area contributed by atoms with Crippen LogP contribution < -0.4 is 16.4 Å². The molecule has 0 atom stereocenters. The van der Waals surface area contributed by atoms with E-state index in [1.807, 2.05) is 0 Å². The Morgan fingerprint density at radius 3 is 2.74 bits per heavy atom. The molecule has 4 N–H and O–H groups in total. The number of methoxy groups -OCH3 is 1. The van der Waals surface area contributed by atoms with Crippen molar-refractivity contribution in [3.05, 3.63) is 47.7 Å². The number of nitrogens with two attached hydrogens (primary N) is 2. The SMILES string of the molecule is COCCOC1CN(c2nc(F)c(-c3cccc(COC(=O)N=C(N)N)c3)cc2F)C1. The number of ether oxygens (including phenoxy) is 3. The van der Waals surface area contributed by atoms with E-state index in [2.05, 4.69) is 9.98 Å². The maximum atomic E-state index is 14.7. The van der Waals surface area contributed by atoms with E-state index >= 15 is 0 Å². The average molecular weight is 435 g/mol. The van der Waals surface area contributed by atoms with Crippen molar-refractivity contribution in [2.45, 2.75) is 12.7 Å². The third-order valence-corrected chi connectivity index (χ3v) is 4.52. The highest BCUT2D eigenvalue weighted by Gasteiger charge is 2.31. The van der Waals surface area contributed by atoms with Crippen LogP contribution in [0.5, 0.6) is 0 Å². The van der Waals surface area contributed by atoms with Gasteiger partial charge in [0.2, 0.25) is 5.95 Å². The lowest BCUT2D eigenvalue weighted by Crippen LogP contribution is -2.53. The molecule has 0 radical (unpaired) electrons. The molecule has 9 nitrogen and oxygen atoms in total. The quantitative estimate of drug-likeness (QED) is 0.278. The van der Waals surface area contributed by atoms with Crippen LogP contribution in [0.2, 0.25) is 0 Å². The lowest BCUT2D eigenvalue weighted by molar-refractivity contribution is 0.00351. The molecule has 2 aromatic rings. The number of carbonyl (C=O) groups is 1. The predicted molar refractivity (Wildman–Crippen MR) is 109 cm³/mol. The van der Waals surface area contributed by atoms with Gasteiger partial charge in [0.25, 0.3) is 0 Å². The fraction of sp³-hybridized carbons (Fsp3) is 0.350. The summed E-state index contributed by atoms with van der Waals surface area (Å²) < 4.78 is 44.7. The Labute approximate surface area is 177 Å². The van der Waals surface area contributed by atoms with Gasteiger partial charge in [-0.25, -0.2) is 9.18 Å². The van der Waals surface area contributed by atoms with Gasteiger partial charge in [0, 0.05) is 25.8 Å². The van der Waals surface area contributed by atoms with Crippen LogP contribution in [0, 0.1) is 11.8 Å². The summed E-state index contributed by atoms with van der Waals surface area (Å²) >= 11 is 0. The van der Waals surface area contributed by atoms with E-state index in [1.165, 1.54) is 0 Å². The highest BCUT2D eigenvalue weighted by Crippen LogP contribution is 2.30. The van der Waals surface area contributed by atoms with E-state index in [0.717, 1.165) is 6.07 Å². The Morgan fingerprint density at radius 2 is 2.03 bits per heavy atom. The van der Waals surface area contributed by atoms with Crippen LogP contribution in [0.3, 0.4) is 0 Å². The topological polar surface area (TPSA) is 125 Å². The number of rotatable bonds is 8. The van der Waals surface area contributed by atoms with Crippen molar-refractivity contribution in [3.8, 4) is 11.1 Å². The maximum Gasteiger partial charge on any atom is 0.437 e. The molecule has 1 aliphatic rings. The molecule has 1 amide bonds. The molecular formula is C20H23F2N5O4. The second-order valence-electron chi connectivity index (χ2n) is 6.81. The molecular weight excluding hydrogens is 412 g/mol. The zero-order valence-corrected chi connectivity index (χ0v) is 16.9. The van der Waals surface area contributed by atoms with Gasteiger partial charge in [-0.2, -0.15) is 9.37 Å². The summed E-state index contributed by atoms with van der Waals surface area (Å²) in [6.45, 7) is 1.61. The van der Waals surface area contributed by atoms with Crippen molar-refractivity contribution in [3.63, 3.8) is 0 Å². The number of aromatic nitrogens is 1. The third-order valence-electron chi connectivity index (χ3n) is 4.52. The van der Waals surface area contributed by atoms with Crippen LogP contribution in [0.4, 0.5) is 19.4 Å². The number of guanidine groups is 1. The lowest BCUT2D eigenvalue weighted by Gasteiger charge is -2.39. The molecule has 0 aliphatic carbocycles. The molecule has 0 unspecified atom stereocenters. The van der Waals surface area contributed by atoms with Crippen LogP contribution >= 0.6 is 0 Å². The first-order valence-electron chi connectivity index (χ1n) is 9.44. The molecule has 1 aromatic heterocycles. The highest BCUT2D eigenvalue weighted by molar-refractivity contribution is 5.87. The zero-order valence-electron chi connectivity index (χ0n) is 16.9. The number of hydrogen-bond acceptors (Lipinski definition) is 6. The van der Waals surface area contributed by atoms with Crippen molar-refractivity contribution in [2.75, 3.05) is 38.3 Å². The van der Waals surface area contributed by atoms with E-state index in [1.54, 1.807) is 36.3 Å². The summed E-state index contributed by atoms with van der Waals surface area (Å²) in [6.07, 6.45) is -1.02. The van der Waals surface area contributed by atoms with Gasteiger partial charge in [0.15, 0.2) is 17.6 Å². The molecule has 166 valence electrons. The second kappa shape index (κ2) is 10.1. The molecule has 2 heterocycles. The minimum atomic E-state index is -0.951. The van der Waals surface area contributed by atoms with E-state index in [-0.39, 0.29) is 24.1 Å². The number of halogens is 2. The Bertz CT molecular complexity index is 963. The number of aliphatic imine (C=N–C) groups is 1. The standard InChI is InChI=1S/C20H23F2N5O4/c1-29-5-6-30-14-9-27(10-14)18-16(21)8-15(17(22)25-18)13-4-2-3-12(7-13)11-31-20(28)26-19(23)24/h2-4,7-8,14H,5-6,9-11H2,1H3,(H4,23,24,26,28). The normalized spacial score (nSPS) is 13.6. The van der Waals surface area contributed by atoms with E-state index < -0.39 is 23.8 Å². The number of carbonyl (C=O) groups excluding carboxylic acids is 1. The van der Waals surface area contributed by atoms with Crippen molar-refractivity contribution < 1.29 is 27.8 Å². The lowest BCUT2D eigenvalue weighted by atomic mass is 10.0. The highest BCUT2D eigenvalue weighted by atomic mass is 19.1. The first-order chi connectivity index (χ1) is 14.9. The Kier molecular flexibility index (Phi) is 7.32. The maximum absolute atomic E-state index is 14.7. The number of nitrogens with zero attached hydrogens (tertiary/aromatic N) is 3. The van der Waals surface area contributed by atoms with Crippen LogP contribution in [-0.4, -0.2) is 56.6 Å². The monoisotopic (exact) mass is 435 g/mol. The molecule has 1 aromatic carbocycles. The van der Waals surface area contributed by atoms with E-state index in [4.69, 9.17) is 25.7 Å². The average Bonchev–Trinajstić information content (AvgIpc) is 2.70. The summed E-state index contributed by atoms with van der Waals surface area (Å²) in [5.74, 6) is -1.93. The first kappa shape index (κ1) is 22.4. The summed E-state index contributed by atoms with van der Waals surface area (Å²) in [5.41, 5.74) is 11.1. The minimum Gasteiger partial charge on any atom is -0.443 e. The van der Waals surface area contributed by atoms with E-state index in [9.17, 15) is 13.6 Å². The molecule has 1 aliphatic heterocycles. The van der Waals surface area contributed by atoms with Gasteiger partial charge in [0.05, 0.1) is 19.3 Å². The largest absolute Gasteiger partial charge is 0.443 e. The number of pyridine rings is 1. The van der Waals surface area contributed by atoms with Gasteiger partial charge in [0.1, 0.15) is 6.61 Å². The molecule has 31 heavy (non-hydrogen) atoms. The Hall–Kier alpha value is -3.31. The zero-order chi connectivity index (χ0) is 22.4. The second-order valence-corrected chi connectivity index (χ2v) is 6.81. The van der Waals surface area contributed by atoms with Crippen LogP contribution in [0.1, 0.15) is 5.56 Å². The molecule has 3 rings (SSSR count). The van der Waals surface area contributed by atoms with Crippen molar-refractivity contribution >= 4 is 17.9 Å². The van der Waals surface area contributed by atoms with Gasteiger partial charge in [-0.15, -0.1) is 4.99 Å². The van der Waals surface area contributed by atoms with Crippen molar-refractivity contribution in [2.24, 2.45) is 16.5 Å². The van der Waals surface area contributed by atoms with Gasteiger partial charge >= 0.3 is 6.09 Å². The fourth-order valence-electron chi connectivity index (χ4n) is 3.01. The number of benzene rings is 1. The smallest absolute Gasteiger partial charge is 0.437 e. The van der Waals surface area contributed by atoms with E-state index in [0.29, 0.717) is 37.4 Å². The molecule has 0 spiro atoms. The van der Waals surface area contributed by atoms with Crippen LogP contribution in [-0.2, 0) is 20.8 Å². The minimum absolute atomic E-state index is 0.00734. The molecule has 0 bridgehead atoms. The Balaban J connectivity index is 1.68. The molecule has 1 fully saturated rings. The van der Waals surface area contributed by atoms with Gasteiger partial charge < -0.3 is 30.6 Å². The Morgan fingerprint density at radius 1 is 1.26 bits per heavy atom. The van der Waals surface area contributed by atoms with Gasteiger partial charge in [-0.3, -0.25) is 0 Å². The predicted octanol–water partition coefficient (Wildman–Crippen LogP) is 1.79. The fourth-order valence-corrected chi connectivity index (χ4v) is 3.01. The molecule has 1 saturated heterocycles. The first-order valence-corrected chi connectivity index (χ1v) is 9.44. The third kappa shape index (κ3) is 5.86. The summed E-state index contributed by atoms with van der Waals surface area (Å²) in [6, 6.07) is 7.55. The summed E-state index contributed by atoms with van der Waals surface area (Å²) in [4.78, 5) is 20.1. The molecule has 0 saturated carbocycles. The summed E-state index contributed by atoms with van der Waals surface area (Å²) in [5, 5.41) is 0. The summed E-state index contributed by atoms with van der Waals surface area (Å²) in [7, 11) is 1.58. The van der Waals surface area contributed by atoms with Crippen LogP contribution in [0.25, 0.3) is 11.1 Å². The van der Waals surface area contributed by atoms with Crippen molar-refractivity contribution in [1.29, 1.82) is 0 Å². The number of amides is 1.